The first-order valence-electron chi connectivity index (χ1n) is 40.1. The molecule has 19 heteroatoms. The molecule has 0 fully saturated rings. The molecule has 0 rings (SSSR count). The van der Waals surface area contributed by atoms with Gasteiger partial charge in [0.05, 0.1) is 26.4 Å². The normalized spacial score (nSPS) is 13.9. The van der Waals surface area contributed by atoms with Crippen molar-refractivity contribution in [2.24, 2.45) is 5.92 Å². The number of unbranched alkanes of at least 4 members (excludes halogenated alkanes) is 49. The molecule has 0 amide bonds. The van der Waals surface area contributed by atoms with Crippen LogP contribution in [0.25, 0.3) is 0 Å². The Morgan fingerprint density at radius 2 is 0.479 bits per heavy atom. The quantitative estimate of drug-likeness (QED) is 0.0222. The lowest BCUT2D eigenvalue weighted by Gasteiger charge is -2.21. The molecule has 0 aromatic carbocycles. The van der Waals surface area contributed by atoms with Crippen molar-refractivity contribution in [1.29, 1.82) is 0 Å². The van der Waals surface area contributed by atoms with Gasteiger partial charge in [-0.15, -0.1) is 0 Å². The van der Waals surface area contributed by atoms with Crippen molar-refractivity contribution in [2.45, 2.75) is 425 Å². The zero-order valence-corrected chi connectivity index (χ0v) is 64.3. The number of carbonyl (C=O) groups is 4. The van der Waals surface area contributed by atoms with Crippen LogP contribution >= 0.6 is 15.6 Å². The molecule has 0 aliphatic carbocycles. The van der Waals surface area contributed by atoms with Crippen LogP contribution in [0.15, 0.2) is 0 Å². The summed E-state index contributed by atoms with van der Waals surface area (Å²) in [6, 6.07) is 0. The third-order valence-electron chi connectivity index (χ3n) is 18.0. The van der Waals surface area contributed by atoms with Crippen LogP contribution in [-0.2, 0) is 65.4 Å². The van der Waals surface area contributed by atoms with Crippen molar-refractivity contribution in [2.75, 3.05) is 39.6 Å². The lowest BCUT2D eigenvalue weighted by molar-refractivity contribution is -0.161. The van der Waals surface area contributed by atoms with Gasteiger partial charge in [-0.25, -0.2) is 9.13 Å². The molecular weight excluding hydrogens is 1260 g/mol. The molecule has 0 spiro atoms. The highest BCUT2D eigenvalue weighted by Crippen LogP contribution is 2.45. The smallest absolute Gasteiger partial charge is 0.462 e. The van der Waals surface area contributed by atoms with E-state index in [1.807, 2.05) is 0 Å². The van der Waals surface area contributed by atoms with Gasteiger partial charge in [0.25, 0.3) is 0 Å². The number of carbonyl (C=O) groups excluding carboxylic acids is 4. The van der Waals surface area contributed by atoms with Crippen molar-refractivity contribution >= 4 is 39.5 Å². The molecule has 0 aromatic heterocycles. The topological polar surface area (TPSA) is 237 Å². The van der Waals surface area contributed by atoms with E-state index in [4.69, 9.17) is 37.0 Å². The Kier molecular flexibility index (Phi) is 68.7. The lowest BCUT2D eigenvalue weighted by Crippen LogP contribution is -2.30. The Bertz CT molecular complexity index is 1840. The summed E-state index contributed by atoms with van der Waals surface area (Å²) in [5.41, 5.74) is 0. The Hall–Kier alpha value is -1.94. The molecule has 17 nitrogen and oxygen atoms in total. The highest BCUT2D eigenvalue weighted by atomic mass is 31.2. The molecule has 0 aliphatic rings. The summed E-state index contributed by atoms with van der Waals surface area (Å²) in [4.78, 5) is 72.8. The average Bonchev–Trinajstić information content (AvgIpc) is 1.35. The van der Waals surface area contributed by atoms with Crippen LogP contribution in [0.5, 0.6) is 0 Å². The second-order valence-electron chi connectivity index (χ2n) is 28.2. The van der Waals surface area contributed by atoms with E-state index in [2.05, 4.69) is 34.6 Å². The first-order chi connectivity index (χ1) is 46.5. The summed E-state index contributed by atoms with van der Waals surface area (Å²) < 4.78 is 68.5. The molecule has 5 atom stereocenters. The van der Waals surface area contributed by atoms with Crippen LogP contribution in [0, 0.1) is 5.92 Å². The lowest BCUT2D eigenvalue weighted by atomic mass is 10.0. The monoisotopic (exact) mass is 1410 g/mol. The Balaban J connectivity index is 5.20. The molecular formula is C77H150O17P2. The molecule has 2 unspecified atom stereocenters. The summed E-state index contributed by atoms with van der Waals surface area (Å²) in [5, 5.41) is 10.6. The first kappa shape index (κ1) is 94.1. The molecule has 0 radical (unpaired) electrons. The van der Waals surface area contributed by atoms with Gasteiger partial charge in [-0.3, -0.25) is 37.3 Å². The van der Waals surface area contributed by atoms with E-state index < -0.39 is 97.5 Å². The predicted octanol–water partition coefficient (Wildman–Crippen LogP) is 22.9. The van der Waals surface area contributed by atoms with Crippen LogP contribution in [0.4, 0.5) is 0 Å². The van der Waals surface area contributed by atoms with Crippen LogP contribution in [0.2, 0.25) is 0 Å². The van der Waals surface area contributed by atoms with E-state index in [9.17, 15) is 43.2 Å². The Morgan fingerprint density at radius 1 is 0.281 bits per heavy atom. The number of aliphatic hydroxyl groups excluding tert-OH is 1. The Labute approximate surface area is 588 Å². The van der Waals surface area contributed by atoms with Gasteiger partial charge in [-0.05, 0) is 31.6 Å². The molecule has 0 saturated heterocycles. The van der Waals surface area contributed by atoms with E-state index in [0.717, 1.165) is 95.8 Å². The fourth-order valence-corrected chi connectivity index (χ4v) is 13.5. The molecule has 0 bridgehead atoms. The fourth-order valence-electron chi connectivity index (χ4n) is 11.9. The summed E-state index contributed by atoms with van der Waals surface area (Å²) in [6.45, 7) is 7.32. The SMILES string of the molecule is CCCCCCCCCCCCCCCCCCCC(=O)OC[C@H](COP(=O)(O)OC[C@@H](O)COP(=O)(O)OC[C@@H](COC(=O)CCCCCCCCCCCC)OC(=O)CCCCCCCCCCCC)OC(=O)CCCCCCCCCCCCCCCCCCC(C)C. The third kappa shape index (κ3) is 70.5. The number of ether oxygens (including phenoxy) is 4. The van der Waals surface area contributed by atoms with Crippen molar-refractivity contribution < 1.29 is 80.2 Å². The van der Waals surface area contributed by atoms with Gasteiger partial charge < -0.3 is 33.8 Å². The third-order valence-corrected chi connectivity index (χ3v) is 19.9. The number of hydrogen-bond donors (Lipinski definition) is 3. The fraction of sp³-hybridized carbons (Fsp3) is 0.948. The molecule has 0 aromatic rings. The van der Waals surface area contributed by atoms with Gasteiger partial charge in [-0.1, -0.05) is 356 Å². The van der Waals surface area contributed by atoms with Gasteiger partial charge in [-0.2, -0.15) is 0 Å². The zero-order valence-electron chi connectivity index (χ0n) is 62.5. The van der Waals surface area contributed by atoms with E-state index in [0.29, 0.717) is 25.7 Å². The summed E-state index contributed by atoms with van der Waals surface area (Å²) in [6.07, 6.45) is 59.6. The molecule has 0 aliphatic heterocycles. The number of phosphoric ester groups is 2. The molecule has 570 valence electrons. The molecule has 0 saturated carbocycles. The zero-order chi connectivity index (χ0) is 70.5. The first-order valence-corrected chi connectivity index (χ1v) is 43.1. The highest BCUT2D eigenvalue weighted by molar-refractivity contribution is 7.47. The van der Waals surface area contributed by atoms with Gasteiger partial charge in [0, 0.05) is 25.7 Å². The van der Waals surface area contributed by atoms with Crippen molar-refractivity contribution in [3.8, 4) is 0 Å². The number of esters is 4. The largest absolute Gasteiger partial charge is 0.472 e. The van der Waals surface area contributed by atoms with E-state index >= 15 is 0 Å². The van der Waals surface area contributed by atoms with E-state index in [1.165, 1.54) is 231 Å². The van der Waals surface area contributed by atoms with Crippen LogP contribution in [0.1, 0.15) is 407 Å². The summed E-state index contributed by atoms with van der Waals surface area (Å²) >= 11 is 0. The maximum absolute atomic E-state index is 13.1. The van der Waals surface area contributed by atoms with Crippen LogP contribution < -0.4 is 0 Å². The molecule has 3 N–H and O–H groups in total. The minimum atomic E-state index is -4.96. The summed E-state index contributed by atoms with van der Waals surface area (Å²) in [5.74, 6) is -1.30. The van der Waals surface area contributed by atoms with Gasteiger partial charge in [0.2, 0.25) is 0 Å². The van der Waals surface area contributed by atoms with Gasteiger partial charge in [0.1, 0.15) is 19.3 Å². The van der Waals surface area contributed by atoms with E-state index in [1.54, 1.807) is 0 Å². The van der Waals surface area contributed by atoms with Crippen LogP contribution in [0.3, 0.4) is 0 Å². The van der Waals surface area contributed by atoms with E-state index in [-0.39, 0.29) is 25.7 Å². The highest BCUT2D eigenvalue weighted by Gasteiger charge is 2.30. The van der Waals surface area contributed by atoms with Crippen molar-refractivity contribution in [3.63, 3.8) is 0 Å². The predicted molar refractivity (Wildman–Crippen MR) is 391 cm³/mol. The van der Waals surface area contributed by atoms with Gasteiger partial charge in [0.15, 0.2) is 12.2 Å². The summed E-state index contributed by atoms with van der Waals surface area (Å²) in [7, 11) is -9.91. The molecule has 0 heterocycles. The minimum Gasteiger partial charge on any atom is -0.462 e. The minimum absolute atomic E-state index is 0.107. The maximum Gasteiger partial charge on any atom is 0.472 e. The number of aliphatic hydroxyl groups is 1. The second-order valence-corrected chi connectivity index (χ2v) is 31.1. The average molecular weight is 1410 g/mol. The second kappa shape index (κ2) is 70.1. The van der Waals surface area contributed by atoms with Crippen molar-refractivity contribution in [1.82, 2.24) is 0 Å². The molecule has 96 heavy (non-hydrogen) atoms. The maximum atomic E-state index is 13.1. The number of phosphoric acid groups is 2. The number of hydrogen-bond acceptors (Lipinski definition) is 15. The Morgan fingerprint density at radius 3 is 0.708 bits per heavy atom. The van der Waals surface area contributed by atoms with Crippen molar-refractivity contribution in [3.05, 3.63) is 0 Å². The van der Waals surface area contributed by atoms with Gasteiger partial charge >= 0.3 is 39.5 Å². The standard InChI is InChI=1S/C77H150O17P2/c1-6-9-12-15-18-21-24-25-26-27-31-34-37-42-46-51-56-61-75(80)88-67-73(94-77(82)63-58-53-48-43-38-35-32-29-28-30-33-36-39-44-49-54-59-70(4)5)69-92-96(85,86)90-65-71(78)64-89-95(83,84)91-68-72(93-76(81)62-57-52-47-41-23-20-17-14-11-8-3)66-87-74(79)60-55-50-45-40-22-19-16-13-10-7-2/h70-73,78H,6-69H2,1-5H3,(H,83,84)(H,85,86)/t71-,72+,73+/m0/s1. The van der Waals surface area contributed by atoms with Crippen LogP contribution in [-0.4, -0.2) is 96.7 Å². The number of rotatable bonds is 77.